The second-order valence-corrected chi connectivity index (χ2v) is 13.7. The fourth-order valence-corrected chi connectivity index (χ4v) is 7.50. The Morgan fingerprint density at radius 3 is 2.35 bits per heavy atom. The van der Waals surface area contributed by atoms with Gasteiger partial charge in [0.15, 0.2) is 5.75 Å². The van der Waals surface area contributed by atoms with Gasteiger partial charge in [-0.25, -0.2) is 13.2 Å². The number of ether oxygens (including phenoxy) is 1. The number of carbonyl (C=O) groups is 1. The Morgan fingerprint density at radius 1 is 1.07 bits per heavy atom. The summed E-state index contributed by atoms with van der Waals surface area (Å²) in [6, 6.07) is 9.57. The van der Waals surface area contributed by atoms with Gasteiger partial charge in [-0.15, -0.1) is 0 Å². The van der Waals surface area contributed by atoms with Crippen molar-refractivity contribution in [1.82, 2.24) is 24.0 Å². The largest absolute Gasteiger partial charge is 0.413 e. The molecule has 2 bridgehead atoms. The number of pyridine rings is 1. The highest BCUT2D eigenvalue weighted by atomic mass is 32.2. The highest BCUT2D eigenvalue weighted by Crippen LogP contribution is 2.36. The van der Waals surface area contributed by atoms with Gasteiger partial charge in [0.1, 0.15) is 0 Å². The molecule has 2 N–H and O–H groups in total. The van der Waals surface area contributed by atoms with Crippen LogP contribution in [0.25, 0.3) is 10.9 Å². The zero-order valence-electron chi connectivity index (χ0n) is 23.5. The third kappa shape index (κ3) is 6.36. The number of sulfonamides is 1. The monoisotopic (exact) mass is 575 g/mol. The molecule has 1 aromatic carbocycles. The van der Waals surface area contributed by atoms with E-state index in [2.05, 4.69) is 15.1 Å². The van der Waals surface area contributed by atoms with E-state index in [4.69, 9.17) is 4.74 Å². The van der Waals surface area contributed by atoms with E-state index in [9.17, 15) is 23.1 Å². The molecule has 5 rings (SSSR count). The van der Waals surface area contributed by atoms with Crippen LogP contribution in [0.5, 0.6) is 5.75 Å². The molecule has 0 aliphatic carbocycles. The Labute approximate surface area is 235 Å². The van der Waals surface area contributed by atoms with Crippen LogP contribution in [0.4, 0.5) is 4.79 Å². The fourth-order valence-electron chi connectivity index (χ4n) is 6.67. The van der Waals surface area contributed by atoms with Crippen LogP contribution in [-0.2, 0) is 10.0 Å². The number of carbonyl (C=O) groups excluding carboxylic acids is 1. The van der Waals surface area contributed by atoms with Crippen LogP contribution in [0.2, 0.25) is 0 Å². The average molecular weight is 576 g/mol. The van der Waals surface area contributed by atoms with Gasteiger partial charge < -0.3 is 19.7 Å². The summed E-state index contributed by atoms with van der Waals surface area (Å²) in [6.45, 7) is 7.07. The van der Waals surface area contributed by atoms with E-state index in [1.54, 1.807) is 10.6 Å². The fraction of sp³-hybridized carbons (Fsp3) is 0.643. The smallest absolute Gasteiger partial charge is 0.404 e. The van der Waals surface area contributed by atoms with Crippen molar-refractivity contribution < 1.29 is 23.1 Å². The number of aliphatic hydroxyl groups is 1. The number of piperidine rings is 1. The van der Waals surface area contributed by atoms with Gasteiger partial charge >= 0.3 is 6.09 Å². The number of aliphatic hydroxyl groups excluding tert-OH is 1. The minimum atomic E-state index is -3.17. The van der Waals surface area contributed by atoms with E-state index >= 15 is 0 Å². The molecule has 0 radical (unpaired) electrons. The number of amides is 1. The van der Waals surface area contributed by atoms with E-state index < -0.39 is 22.2 Å². The molecule has 3 saturated heterocycles. The number of para-hydroxylation sites is 1. The van der Waals surface area contributed by atoms with Crippen LogP contribution < -0.4 is 15.6 Å². The van der Waals surface area contributed by atoms with Crippen LogP contribution in [0.3, 0.4) is 0 Å². The molecule has 11 nitrogen and oxygen atoms in total. The van der Waals surface area contributed by atoms with Crippen molar-refractivity contribution in [3.8, 4) is 5.75 Å². The maximum atomic E-state index is 13.1. The molecule has 1 aromatic heterocycles. The molecule has 12 heteroatoms. The lowest BCUT2D eigenvalue weighted by atomic mass is 9.97. The van der Waals surface area contributed by atoms with Crippen molar-refractivity contribution in [3.05, 3.63) is 40.7 Å². The number of aromatic nitrogens is 1. The van der Waals surface area contributed by atoms with Crippen molar-refractivity contribution in [3.63, 3.8) is 0 Å². The molecular weight excluding hydrogens is 534 g/mol. The molecule has 3 fully saturated rings. The number of hydrogen-bond acceptors (Lipinski definition) is 8. The number of rotatable bonds is 8. The zero-order valence-corrected chi connectivity index (χ0v) is 24.3. The minimum absolute atomic E-state index is 0.0193. The van der Waals surface area contributed by atoms with Gasteiger partial charge in [0.25, 0.3) is 5.56 Å². The van der Waals surface area contributed by atoms with Gasteiger partial charge in [-0.2, -0.15) is 4.31 Å². The predicted molar refractivity (Wildman–Crippen MR) is 153 cm³/mol. The predicted octanol–water partition coefficient (Wildman–Crippen LogP) is 1.60. The molecule has 0 spiro atoms. The molecule has 1 unspecified atom stereocenters. The van der Waals surface area contributed by atoms with Crippen molar-refractivity contribution in [2.75, 3.05) is 45.5 Å². The third-order valence-corrected chi connectivity index (χ3v) is 9.83. The van der Waals surface area contributed by atoms with Gasteiger partial charge in [0.2, 0.25) is 10.0 Å². The Bertz CT molecular complexity index is 1370. The van der Waals surface area contributed by atoms with E-state index in [1.807, 2.05) is 38.1 Å². The standard InChI is InChI=1S/C28H41N5O6S/c1-19(2)33-25-7-5-4-6-20(25)14-26(27(33)35)39-28(36)29-21-15-22-8-9-23(16-21)32(22)18-24(34)17-30-10-12-31(13-11-30)40(3,37)38/h4-7,14,19,21-24,34H,8-13,15-18H2,1-3H3,(H,29,36)/t21-,22-,23+,24?. The lowest BCUT2D eigenvalue weighted by Gasteiger charge is -2.41. The molecule has 1 amide bonds. The number of β-amino-alcohol motifs (C(OH)–C–C–N with tert-alkyl or cyclic N) is 1. The first-order valence-corrected chi connectivity index (χ1v) is 16.1. The molecule has 4 atom stereocenters. The lowest BCUT2D eigenvalue weighted by molar-refractivity contribution is 0.0282. The van der Waals surface area contributed by atoms with Gasteiger partial charge in [0.05, 0.1) is 17.9 Å². The quantitative estimate of drug-likeness (QED) is 0.487. The van der Waals surface area contributed by atoms with Gasteiger partial charge in [-0.05, 0) is 51.7 Å². The van der Waals surface area contributed by atoms with Crippen molar-refractivity contribution >= 4 is 27.0 Å². The topological polar surface area (TPSA) is 124 Å². The van der Waals surface area contributed by atoms with Gasteiger partial charge in [-0.1, -0.05) is 18.2 Å². The number of hydrogen-bond donors (Lipinski definition) is 2. The SMILES string of the molecule is CC(C)n1c(=O)c(OC(=O)N[C@@H]2C[C@H]3CC[C@@H](C2)N3CC(O)CN2CCN(S(C)(=O)=O)CC2)cc2ccccc21. The normalized spacial score (nSPS) is 25.4. The van der Waals surface area contributed by atoms with Crippen LogP contribution in [0.1, 0.15) is 45.6 Å². The molecule has 220 valence electrons. The first kappa shape index (κ1) is 29.0. The summed E-state index contributed by atoms with van der Waals surface area (Å²) >= 11 is 0. The van der Waals surface area contributed by atoms with Crippen molar-refractivity contribution in [1.29, 1.82) is 0 Å². The molecule has 4 heterocycles. The van der Waals surface area contributed by atoms with E-state index in [0.29, 0.717) is 39.3 Å². The highest BCUT2D eigenvalue weighted by molar-refractivity contribution is 7.88. The molecule has 3 aliphatic heterocycles. The number of nitrogens with one attached hydrogen (secondary N) is 1. The summed E-state index contributed by atoms with van der Waals surface area (Å²) < 4.78 is 32.2. The summed E-state index contributed by atoms with van der Waals surface area (Å²) in [5.41, 5.74) is 0.475. The van der Waals surface area contributed by atoms with Crippen LogP contribution in [0.15, 0.2) is 35.1 Å². The van der Waals surface area contributed by atoms with E-state index in [1.165, 1.54) is 10.6 Å². The Balaban J connectivity index is 1.14. The first-order valence-electron chi connectivity index (χ1n) is 14.2. The summed E-state index contributed by atoms with van der Waals surface area (Å²) in [5.74, 6) is 0.0193. The Hall–Kier alpha value is -2.51. The summed E-state index contributed by atoms with van der Waals surface area (Å²) in [4.78, 5) is 30.5. The van der Waals surface area contributed by atoms with Gasteiger partial charge in [0, 0.05) is 68.8 Å². The Kier molecular flexibility index (Phi) is 8.53. The summed E-state index contributed by atoms with van der Waals surface area (Å²) in [7, 11) is -3.17. The summed E-state index contributed by atoms with van der Waals surface area (Å²) in [5, 5.41) is 14.7. The van der Waals surface area contributed by atoms with E-state index in [0.717, 1.165) is 36.6 Å². The molecule has 2 aromatic rings. The Morgan fingerprint density at radius 2 is 1.73 bits per heavy atom. The van der Waals surface area contributed by atoms with E-state index in [-0.39, 0.29) is 35.5 Å². The number of fused-ring (bicyclic) bond motifs is 3. The highest BCUT2D eigenvalue weighted by Gasteiger charge is 2.42. The van der Waals surface area contributed by atoms with Gasteiger partial charge in [-0.3, -0.25) is 14.6 Å². The van der Waals surface area contributed by atoms with Crippen LogP contribution >= 0.6 is 0 Å². The van der Waals surface area contributed by atoms with Crippen molar-refractivity contribution in [2.24, 2.45) is 0 Å². The molecule has 0 saturated carbocycles. The second kappa shape index (κ2) is 11.8. The zero-order chi connectivity index (χ0) is 28.6. The maximum absolute atomic E-state index is 13.1. The lowest BCUT2D eigenvalue weighted by Crippen LogP contribution is -2.55. The first-order chi connectivity index (χ1) is 19.0. The molecule has 3 aliphatic rings. The van der Waals surface area contributed by atoms with Crippen LogP contribution in [-0.4, -0.2) is 108 Å². The molecular formula is C28H41N5O6S. The second-order valence-electron chi connectivity index (χ2n) is 11.7. The third-order valence-electron chi connectivity index (χ3n) is 8.53. The molecule has 40 heavy (non-hydrogen) atoms. The van der Waals surface area contributed by atoms with Crippen LogP contribution in [0, 0.1) is 0 Å². The van der Waals surface area contributed by atoms with Crippen molar-refractivity contribution in [2.45, 2.75) is 69.8 Å². The number of nitrogens with zero attached hydrogens (tertiary/aromatic N) is 4. The average Bonchev–Trinajstić information content (AvgIpc) is 3.10. The minimum Gasteiger partial charge on any atom is -0.404 e. The summed E-state index contributed by atoms with van der Waals surface area (Å²) in [6.07, 6.45) is 3.64. The maximum Gasteiger partial charge on any atom is 0.413 e. The number of benzene rings is 1. The number of piperazine rings is 1.